The predicted octanol–water partition coefficient (Wildman–Crippen LogP) is 4.22. The van der Waals surface area contributed by atoms with Crippen molar-refractivity contribution in [1.29, 1.82) is 0 Å². The number of nitrogens with one attached hydrogen (secondary N) is 1. The van der Waals surface area contributed by atoms with Gasteiger partial charge in [-0.1, -0.05) is 6.07 Å². The van der Waals surface area contributed by atoms with Gasteiger partial charge in [0.2, 0.25) is 0 Å². The maximum atomic E-state index is 13.3. The lowest BCUT2D eigenvalue weighted by atomic mass is 10.1. The monoisotopic (exact) mass is 242 g/mol. The third-order valence-corrected chi connectivity index (χ3v) is 3.11. The Morgan fingerprint density at radius 2 is 1.94 bits per heavy atom. The molecule has 0 unspecified atom stereocenters. The van der Waals surface area contributed by atoms with Crippen LogP contribution in [-0.4, -0.2) is 4.98 Å². The van der Waals surface area contributed by atoms with Crippen molar-refractivity contribution < 1.29 is 8.78 Å². The third kappa shape index (κ3) is 1.59. The summed E-state index contributed by atoms with van der Waals surface area (Å²) in [6.45, 7) is 1.95. The minimum atomic E-state index is -0.836. The molecule has 0 spiro atoms. The van der Waals surface area contributed by atoms with Gasteiger partial charge in [-0.15, -0.1) is 0 Å². The predicted molar refractivity (Wildman–Crippen MR) is 67.2 cm³/mol. The van der Waals surface area contributed by atoms with Crippen LogP contribution >= 0.6 is 0 Å². The van der Waals surface area contributed by atoms with E-state index < -0.39 is 11.6 Å². The summed E-state index contributed by atoms with van der Waals surface area (Å²) in [6, 6.07) is 12.5. The van der Waals surface area contributed by atoms with Crippen LogP contribution in [0.2, 0.25) is 0 Å². The van der Waals surface area contributed by atoms with E-state index in [0.717, 1.165) is 28.2 Å². The number of benzene rings is 2. The van der Waals surface area contributed by atoms with E-state index in [-0.39, 0.29) is 0 Å². The summed E-state index contributed by atoms with van der Waals surface area (Å²) in [5, 5.41) is 1.04. The summed E-state index contributed by atoms with van der Waals surface area (Å²) in [7, 11) is 0. The largest absolute Gasteiger partial charge is 0.354 e. The molecule has 0 aliphatic heterocycles. The summed E-state index contributed by atoms with van der Waals surface area (Å²) in [4.78, 5) is 3.22. The van der Waals surface area contributed by atoms with Crippen LogP contribution in [0.25, 0.3) is 22.2 Å². The summed E-state index contributed by atoms with van der Waals surface area (Å²) in [6.07, 6.45) is 0. The average molecular weight is 242 g/mol. The normalized spacial score (nSPS) is 11.1. The minimum absolute atomic E-state index is 0.641. The van der Waals surface area contributed by atoms with Gasteiger partial charge in [0.25, 0.3) is 0 Å². The minimum Gasteiger partial charge on any atom is -0.354 e. The van der Waals surface area contributed by atoms with Gasteiger partial charge in [0.05, 0.1) is 0 Å². The summed E-state index contributed by atoms with van der Waals surface area (Å²) >= 11 is 0. The van der Waals surface area contributed by atoms with Crippen molar-refractivity contribution in [2.24, 2.45) is 0 Å². The van der Waals surface area contributed by atoms with Crippen molar-refractivity contribution >= 4 is 10.9 Å². The Morgan fingerprint density at radius 1 is 1.11 bits per heavy atom. The Balaban J connectivity index is 2.25. The molecular weight excluding hydrogens is 232 g/mol. The molecule has 0 saturated heterocycles. The fourth-order valence-corrected chi connectivity index (χ4v) is 2.15. The first-order valence-corrected chi connectivity index (χ1v) is 5.60. The zero-order valence-corrected chi connectivity index (χ0v) is 9.72. The van der Waals surface area contributed by atoms with Crippen molar-refractivity contribution in [2.45, 2.75) is 6.92 Å². The molecule has 3 aromatic rings. The van der Waals surface area contributed by atoms with Crippen LogP contribution < -0.4 is 0 Å². The third-order valence-electron chi connectivity index (χ3n) is 3.11. The number of hydrogen-bond donors (Lipinski definition) is 1. The van der Waals surface area contributed by atoms with E-state index in [4.69, 9.17) is 0 Å². The van der Waals surface area contributed by atoms with Gasteiger partial charge in [-0.05, 0) is 48.9 Å². The van der Waals surface area contributed by atoms with E-state index in [1.807, 2.05) is 25.1 Å². The molecule has 0 atom stereocenters. The highest BCUT2D eigenvalue weighted by atomic mass is 19.2. The van der Waals surface area contributed by atoms with Crippen LogP contribution in [-0.2, 0) is 0 Å². The molecule has 3 heteroatoms. The average Bonchev–Trinajstić information content (AvgIpc) is 2.71. The molecule has 1 heterocycles. The number of H-pyrrole nitrogens is 1. The molecule has 1 N–H and O–H groups in total. The summed E-state index contributed by atoms with van der Waals surface area (Å²) in [5.74, 6) is -1.67. The van der Waals surface area contributed by atoms with E-state index in [9.17, 15) is 8.78 Å². The molecule has 0 aliphatic carbocycles. The van der Waals surface area contributed by atoms with Gasteiger partial charge in [-0.25, -0.2) is 8.78 Å². The second-order valence-electron chi connectivity index (χ2n) is 4.23. The summed E-state index contributed by atoms with van der Waals surface area (Å²) < 4.78 is 26.2. The first kappa shape index (κ1) is 11.0. The van der Waals surface area contributed by atoms with E-state index in [1.54, 1.807) is 6.07 Å². The maximum absolute atomic E-state index is 13.3. The maximum Gasteiger partial charge on any atom is 0.159 e. The Hall–Kier alpha value is -2.16. The fourth-order valence-electron chi connectivity index (χ4n) is 2.15. The molecule has 3 rings (SSSR count). The van der Waals surface area contributed by atoms with Gasteiger partial charge >= 0.3 is 0 Å². The van der Waals surface area contributed by atoms with Crippen molar-refractivity contribution in [3.8, 4) is 11.3 Å². The van der Waals surface area contributed by atoms with Crippen molar-refractivity contribution in [1.82, 2.24) is 4.98 Å². The van der Waals surface area contributed by atoms with E-state index in [2.05, 4.69) is 11.1 Å². The Morgan fingerprint density at radius 3 is 2.67 bits per heavy atom. The molecule has 1 aromatic heterocycles. The first-order chi connectivity index (χ1) is 8.66. The molecule has 89 valence electrons. The van der Waals surface area contributed by atoms with Crippen LogP contribution in [0.1, 0.15) is 5.56 Å². The molecule has 0 aliphatic rings. The Labute approximate surface area is 103 Å². The molecule has 1 radical (unpaired) electrons. The number of halogens is 2. The van der Waals surface area contributed by atoms with E-state index >= 15 is 0 Å². The van der Waals surface area contributed by atoms with Crippen LogP contribution in [0.3, 0.4) is 0 Å². The molecule has 0 bridgehead atoms. The first-order valence-electron chi connectivity index (χ1n) is 5.60. The molecule has 18 heavy (non-hydrogen) atoms. The van der Waals surface area contributed by atoms with Gasteiger partial charge < -0.3 is 4.98 Å². The topological polar surface area (TPSA) is 15.8 Å². The molecule has 0 fully saturated rings. The summed E-state index contributed by atoms with van der Waals surface area (Å²) in [5.41, 5.74) is 3.42. The molecule has 1 nitrogen and oxygen atoms in total. The highest BCUT2D eigenvalue weighted by molar-refractivity contribution is 5.90. The fraction of sp³-hybridized carbons (Fsp3) is 0.0667. The number of aromatic nitrogens is 1. The number of fused-ring (bicyclic) bond motifs is 1. The smallest absolute Gasteiger partial charge is 0.159 e. The number of rotatable bonds is 1. The van der Waals surface area contributed by atoms with E-state index in [0.29, 0.717) is 5.56 Å². The van der Waals surface area contributed by atoms with Gasteiger partial charge in [0, 0.05) is 22.2 Å². The van der Waals surface area contributed by atoms with Gasteiger partial charge in [-0.2, -0.15) is 0 Å². The van der Waals surface area contributed by atoms with Crippen molar-refractivity contribution in [3.05, 3.63) is 59.7 Å². The zero-order valence-electron chi connectivity index (χ0n) is 9.72. The molecule has 0 amide bonds. The number of hydrogen-bond acceptors (Lipinski definition) is 0. The Kier molecular flexibility index (Phi) is 2.40. The van der Waals surface area contributed by atoms with Crippen molar-refractivity contribution in [3.63, 3.8) is 0 Å². The Bertz CT molecular complexity index is 728. The standard InChI is InChI=1S/C15H10F2N/c1-9-11-4-2-3-5-14(11)18-15(9)10-6-7-12(16)13(17)8-10/h3-8,18H,1H3. The van der Waals surface area contributed by atoms with E-state index in [1.165, 1.54) is 6.07 Å². The molecule has 0 saturated carbocycles. The lowest BCUT2D eigenvalue weighted by Gasteiger charge is -2.01. The second-order valence-corrected chi connectivity index (χ2v) is 4.23. The van der Waals surface area contributed by atoms with Crippen molar-refractivity contribution in [2.75, 3.05) is 0 Å². The highest BCUT2D eigenvalue weighted by Gasteiger charge is 2.11. The van der Waals surface area contributed by atoms with Gasteiger partial charge in [0.1, 0.15) is 0 Å². The molecular formula is C15H10F2N. The van der Waals surface area contributed by atoms with Crippen LogP contribution in [0.15, 0.2) is 36.4 Å². The van der Waals surface area contributed by atoms with Crippen LogP contribution in [0.4, 0.5) is 8.78 Å². The lowest BCUT2D eigenvalue weighted by Crippen LogP contribution is -1.86. The quantitative estimate of drug-likeness (QED) is 0.657. The highest BCUT2D eigenvalue weighted by Crippen LogP contribution is 2.29. The number of aromatic amines is 1. The zero-order chi connectivity index (χ0) is 12.7. The SMILES string of the molecule is Cc1c(-c2ccc(F)c(F)c2)[nH]c2cc[c]cc12. The van der Waals surface area contributed by atoms with Gasteiger partial charge in [-0.3, -0.25) is 0 Å². The van der Waals surface area contributed by atoms with Gasteiger partial charge in [0.15, 0.2) is 11.6 Å². The second kappa shape index (κ2) is 3.95. The van der Waals surface area contributed by atoms with Crippen LogP contribution in [0, 0.1) is 24.6 Å². The van der Waals surface area contributed by atoms with Crippen LogP contribution in [0.5, 0.6) is 0 Å². The lowest BCUT2D eigenvalue weighted by molar-refractivity contribution is 0.509. The molecule has 2 aromatic carbocycles. The number of aryl methyl sites for hydroxylation is 1.